The highest BCUT2D eigenvalue weighted by atomic mass is 32.1. The minimum absolute atomic E-state index is 0.234. The summed E-state index contributed by atoms with van der Waals surface area (Å²) in [6.07, 6.45) is 51.0. The van der Waals surface area contributed by atoms with E-state index in [0.29, 0.717) is 0 Å². The summed E-state index contributed by atoms with van der Waals surface area (Å²) in [7, 11) is 0. The second-order valence-corrected chi connectivity index (χ2v) is 37.1. The number of aromatic nitrogens is 2. The lowest BCUT2D eigenvalue weighted by Gasteiger charge is -2.33. The van der Waals surface area contributed by atoms with E-state index >= 15 is 0 Å². The van der Waals surface area contributed by atoms with Crippen molar-refractivity contribution in [3.8, 4) is 62.6 Å². The summed E-state index contributed by atoms with van der Waals surface area (Å²) in [4.78, 5) is 11.0. The number of benzene rings is 5. The van der Waals surface area contributed by atoms with Crippen molar-refractivity contribution in [2.75, 3.05) is 0 Å². The molecule has 0 aliphatic heterocycles. The molecule has 2 nitrogen and oxygen atoms in total. The van der Waals surface area contributed by atoms with Gasteiger partial charge in [-0.05, 0) is 185 Å². The molecule has 0 spiro atoms. The van der Waals surface area contributed by atoms with E-state index in [-0.39, 0.29) is 10.8 Å². The van der Waals surface area contributed by atoms with E-state index in [1.54, 1.807) is 22.3 Å². The molecule has 0 atom stereocenters. The molecule has 564 valence electrons. The molecule has 105 heavy (non-hydrogen) atoms. The van der Waals surface area contributed by atoms with Crippen molar-refractivity contribution < 1.29 is 0 Å². The van der Waals surface area contributed by atoms with Crippen molar-refractivity contribution >= 4 is 68.1 Å². The molecule has 5 aromatic heterocycles. The molecule has 10 aromatic rings. The van der Waals surface area contributed by atoms with Crippen LogP contribution in [0.1, 0.15) is 338 Å². The lowest BCUT2D eigenvalue weighted by molar-refractivity contribution is 0.397. The van der Waals surface area contributed by atoms with Gasteiger partial charge in [-0.15, -0.1) is 45.3 Å². The maximum absolute atomic E-state index is 4.89. The van der Waals surface area contributed by atoms with Gasteiger partial charge in [-0.1, -0.05) is 341 Å². The quantitative estimate of drug-likeness (QED) is 0.0356. The Bertz CT molecular complexity index is 3840. The van der Waals surface area contributed by atoms with Gasteiger partial charge in [0, 0.05) is 61.0 Å². The molecule has 5 aromatic carbocycles. The molecule has 0 fully saturated rings. The van der Waals surface area contributed by atoms with E-state index in [9.17, 15) is 0 Å². The summed E-state index contributed by atoms with van der Waals surface area (Å²) in [5.41, 5.74) is 26.2. The summed E-state index contributed by atoms with van der Waals surface area (Å²) in [6.45, 7) is 27.3. The predicted octanol–water partition coefficient (Wildman–Crippen LogP) is 33.6. The zero-order valence-electron chi connectivity index (χ0n) is 67.4. The van der Waals surface area contributed by atoms with E-state index in [2.05, 4.69) is 204 Å². The minimum Gasteiger partial charge on any atom is -0.172 e. The summed E-state index contributed by atoms with van der Waals surface area (Å²) >= 11 is 9.03. The van der Waals surface area contributed by atoms with Crippen LogP contribution in [0.2, 0.25) is 0 Å². The summed E-state index contributed by atoms with van der Waals surface area (Å²) in [5.74, 6) is 0. The van der Waals surface area contributed by atoms with Gasteiger partial charge >= 0.3 is 0 Å². The van der Waals surface area contributed by atoms with Gasteiger partial charge in [-0.2, -0.15) is 8.75 Å². The molecule has 0 bridgehead atoms. The van der Waals surface area contributed by atoms with Crippen LogP contribution < -0.4 is 0 Å². The lowest BCUT2D eigenvalue weighted by Crippen LogP contribution is -2.25. The van der Waals surface area contributed by atoms with Gasteiger partial charge in [0.05, 0.1) is 11.7 Å². The van der Waals surface area contributed by atoms with Crippen molar-refractivity contribution in [3.63, 3.8) is 0 Å². The molecule has 0 saturated heterocycles. The van der Waals surface area contributed by atoms with E-state index in [4.69, 9.17) is 8.75 Å². The van der Waals surface area contributed by atoms with E-state index < -0.39 is 0 Å². The number of fused-ring (bicyclic) bond motifs is 7. The van der Waals surface area contributed by atoms with Crippen LogP contribution in [-0.4, -0.2) is 8.75 Å². The van der Waals surface area contributed by atoms with Gasteiger partial charge < -0.3 is 0 Å². The highest BCUT2D eigenvalue weighted by molar-refractivity contribution is 7.24. The van der Waals surface area contributed by atoms with E-state index in [1.165, 1.54) is 349 Å². The third kappa shape index (κ3) is 21.4. The summed E-state index contributed by atoms with van der Waals surface area (Å²) in [5, 5.41) is 0. The Morgan fingerprint density at radius 3 is 0.800 bits per heavy atom. The highest BCUT2D eigenvalue weighted by Crippen LogP contribution is 2.57. The lowest BCUT2D eigenvalue weighted by atomic mass is 9.70. The molecule has 2 aliphatic carbocycles. The van der Waals surface area contributed by atoms with Gasteiger partial charge in [0.1, 0.15) is 11.0 Å². The van der Waals surface area contributed by atoms with Crippen molar-refractivity contribution in [3.05, 3.63) is 187 Å². The second-order valence-electron chi connectivity index (χ2n) is 31.9. The fraction of sp³-hybridized carbons (Fsp3) is 0.531. The van der Waals surface area contributed by atoms with Crippen LogP contribution in [0.4, 0.5) is 0 Å². The Hall–Kier alpha value is -5.28. The maximum atomic E-state index is 4.89. The number of rotatable bonds is 42. The topological polar surface area (TPSA) is 25.8 Å². The van der Waals surface area contributed by atoms with Crippen LogP contribution in [-0.2, 0) is 23.7 Å². The Morgan fingerprint density at radius 1 is 0.257 bits per heavy atom. The minimum atomic E-state index is 0.234. The van der Waals surface area contributed by atoms with Crippen molar-refractivity contribution in [2.45, 2.75) is 338 Å². The zero-order chi connectivity index (χ0) is 74.0. The first-order valence-corrected chi connectivity index (χ1v) is 46.4. The fourth-order valence-electron chi connectivity index (χ4n) is 17.4. The molecule has 7 heteroatoms. The smallest absolute Gasteiger partial charge is 0.114 e. The normalized spacial score (nSPS) is 13.0. The number of hydrogen-bond donors (Lipinski definition) is 0. The second kappa shape index (κ2) is 42.1. The van der Waals surface area contributed by atoms with Gasteiger partial charge in [0.15, 0.2) is 0 Å². The molecule has 2 aliphatic rings. The van der Waals surface area contributed by atoms with E-state index in [0.717, 1.165) is 23.9 Å². The Balaban J connectivity index is 0.000000173. The Kier molecular flexibility index (Phi) is 32.9. The fourth-order valence-corrected chi connectivity index (χ4v) is 22.4. The van der Waals surface area contributed by atoms with Crippen LogP contribution in [0.25, 0.3) is 73.7 Å². The van der Waals surface area contributed by atoms with Crippen molar-refractivity contribution in [1.82, 2.24) is 8.75 Å². The molecule has 5 heterocycles. The molecule has 0 saturated carbocycles. The number of hydrogen-bond acceptors (Lipinski definition) is 7. The first kappa shape index (κ1) is 82.2. The Morgan fingerprint density at radius 2 is 0.524 bits per heavy atom. The molecular formula is C98H132N2S5. The predicted molar refractivity (Wildman–Crippen MR) is 472 cm³/mol. The van der Waals surface area contributed by atoms with Gasteiger partial charge in [-0.25, -0.2) is 0 Å². The van der Waals surface area contributed by atoms with Gasteiger partial charge in [-0.3, -0.25) is 0 Å². The standard InChI is InChI=1S/C36H40N2S5.2C31H46/c1-5-7-9-11-13-25-21-31(41-35(25)29-19-15-23(3)39-29)27-17-18-28(34-33(27)37-43-38-34)32-22-26(14-12-10-8-6-2)36(42-32)30-20-16-24(4)40-30;2*1-5-7-9-11-13-15-21-31(22-16-14-12-10-8-6-2)29-23-25(3)17-19-27(29)28-20-18-26(4)24-30(28)31/h15-22H,5-14H2,1-4H3;2*17-20,23-24H,5-16,21-22H2,1-4H3. The van der Waals surface area contributed by atoms with Crippen LogP contribution in [0.3, 0.4) is 0 Å². The van der Waals surface area contributed by atoms with Gasteiger partial charge in [0.25, 0.3) is 0 Å². The average molecular weight is 1500 g/mol. The molecule has 0 amide bonds. The molecule has 12 rings (SSSR count). The van der Waals surface area contributed by atoms with E-state index in [1.807, 2.05) is 45.3 Å². The first-order valence-electron chi connectivity index (χ1n) is 42.4. The van der Waals surface area contributed by atoms with Crippen LogP contribution in [0.5, 0.6) is 0 Å². The van der Waals surface area contributed by atoms with Crippen molar-refractivity contribution in [2.24, 2.45) is 0 Å². The third-order valence-corrected chi connectivity index (χ3v) is 28.6. The highest BCUT2D eigenvalue weighted by Gasteiger charge is 2.44. The first-order chi connectivity index (χ1) is 51.3. The largest absolute Gasteiger partial charge is 0.172 e. The summed E-state index contributed by atoms with van der Waals surface area (Å²) in [6, 6.07) is 47.6. The molecule has 0 radical (unpaired) electrons. The monoisotopic (exact) mass is 1500 g/mol. The van der Waals surface area contributed by atoms with Crippen molar-refractivity contribution in [1.29, 1.82) is 0 Å². The number of unbranched alkanes of at least 4 members (excludes halogenated alkanes) is 26. The van der Waals surface area contributed by atoms with Crippen LogP contribution >= 0.6 is 57.1 Å². The van der Waals surface area contributed by atoms with Crippen LogP contribution in [0, 0.1) is 41.5 Å². The SMILES string of the molecule is CCCCCCCCC1(CCCCCCCC)c2cc(C)ccc2-c2ccc(C)cc21.CCCCCCCCC1(CCCCCCCC)c2cc(C)ccc2-c2ccc(C)cc21.CCCCCCc1cc(-c2ccc(-c3cc(CCCCCC)c(-c4ccc(C)s4)s3)c3nsnc23)sc1-c1ccc(C)s1. The number of thiophene rings is 4. The molecule has 0 N–H and O–H groups in total. The maximum Gasteiger partial charge on any atom is 0.114 e. The average Bonchev–Trinajstić information content (AvgIpc) is 1.58. The number of nitrogens with zero attached hydrogens (tertiary/aromatic N) is 2. The summed E-state index contributed by atoms with van der Waals surface area (Å²) < 4.78 is 9.78. The zero-order valence-corrected chi connectivity index (χ0v) is 71.4. The van der Waals surface area contributed by atoms with Crippen LogP contribution in [0.15, 0.2) is 121 Å². The molecule has 0 unspecified atom stereocenters. The van der Waals surface area contributed by atoms with Gasteiger partial charge in [0.2, 0.25) is 0 Å². The third-order valence-electron chi connectivity index (χ3n) is 23.3. The Labute approximate surface area is 658 Å². The molecular weight excluding hydrogens is 1370 g/mol. The number of aryl methyl sites for hydroxylation is 8.